The van der Waals surface area contributed by atoms with Crippen molar-refractivity contribution in [3.05, 3.63) is 89.2 Å². The summed E-state index contributed by atoms with van der Waals surface area (Å²) in [7, 11) is 1.56. The van der Waals surface area contributed by atoms with Crippen molar-refractivity contribution in [1.82, 2.24) is 25.8 Å². The molecular formula is C43H48F4N6O7. The summed E-state index contributed by atoms with van der Waals surface area (Å²) in [5.41, 5.74) is 3.72. The number of carboxylic acids is 1. The summed E-state index contributed by atoms with van der Waals surface area (Å²) < 4.78 is 61.3. The van der Waals surface area contributed by atoms with Gasteiger partial charge in [0.2, 0.25) is 11.7 Å². The minimum atomic E-state index is -5.45. The number of Topliss-reactive ketones (excluding diaryl/α,β-unsaturated/α-hetero) is 1. The summed E-state index contributed by atoms with van der Waals surface area (Å²) in [6, 6.07) is 18.5. The first-order valence-corrected chi connectivity index (χ1v) is 19.4. The summed E-state index contributed by atoms with van der Waals surface area (Å²) in [4.78, 5) is 66.3. The van der Waals surface area contributed by atoms with Crippen LogP contribution < -0.4 is 16.0 Å². The Labute approximate surface area is 344 Å². The zero-order valence-corrected chi connectivity index (χ0v) is 33.8. The summed E-state index contributed by atoms with van der Waals surface area (Å²) in [6.45, 7) is 7.71. The lowest BCUT2D eigenvalue weighted by Gasteiger charge is -2.29. The van der Waals surface area contributed by atoms with E-state index in [2.05, 4.69) is 26.0 Å². The van der Waals surface area contributed by atoms with Gasteiger partial charge < -0.3 is 25.8 Å². The maximum absolute atomic E-state index is 14.3. The van der Waals surface area contributed by atoms with Crippen molar-refractivity contribution in [2.75, 3.05) is 18.9 Å². The van der Waals surface area contributed by atoms with Crippen LogP contribution in [-0.4, -0.2) is 75.1 Å². The van der Waals surface area contributed by atoms with Gasteiger partial charge in [-0.3, -0.25) is 19.5 Å². The standard InChI is InChI=1S/C43H48F4N6O7/c1-24-6-11-30(36(55)48-5)21-33(24)27-12-7-25(8-13-27)20-31(22-34(54)28-14-9-26(10-15-28)23-49-40(59)60-41(2,3)4)37(56)50-32-18-16-29(17-19-32)35-51-38(53-52-35)42(44,45)43(46,47)39(57)58/h6-8,11-13,16-19,21,26,28,31H,9-10,14-15,20,22-23H2,1-5H3,(H,48,55)(H,49,59)(H,50,56)(H,57,58)(H,51,52,53)/t26?,28?,31-/m1/s1. The van der Waals surface area contributed by atoms with Gasteiger partial charge in [0.1, 0.15) is 11.4 Å². The van der Waals surface area contributed by atoms with Crippen LogP contribution in [0.3, 0.4) is 0 Å². The van der Waals surface area contributed by atoms with E-state index in [0.717, 1.165) is 22.3 Å². The van der Waals surface area contributed by atoms with E-state index < -0.39 is 53.0 Å². The molecule has 0 saturated heterocycles. The quantitative estimate of drug-likeness (QED) is 0.0747. The molecule has 5 N–H and O–H groups in total. The molecule has 1 saturated carbocycles. The van der Waals surface area contributed by atoms with Crippen molar-refractivity contribution < 1.29 is 51.4 Å². The molecule has 3 aromatic carbocycles. The van der Waals surface area contributed by atoms with E-state index in [1.165, 1.54) is 24.3 Å². The zero-order chi connectivity index (χ0) is 44.0. The van der Waals surface area contributed by atoms with Crippen LogP contribution in [-0.2, 0) is 31.5 Å². The summed E-state index contributed by atoms with van der Waals surface area (Å²) in [5, 5.41) is 22.1. The summed E-state index contributed by atoms with van der Waals surface area (Å²) in [6.07, 6.45) is 2.27. The molecule has 0 bridgehead atoms. The van der Waals surface area contributed by atoms with E-state index in [1.54, 1.807) is 45.1 Å². The normalized spacial score (nSPS) is 16.4. The van der Waals surface area contributed by atoms with Crippen LogP contribution in [0.5, 0.6) is 0 Å². The van der Waals surface area contributed by atoms with Gasteiger partial charge in [-0.15, -0.1) is 0 Å². The van der Waals surface area contributed by atoms with Crippen LogP contribution in [0.25, 0.3) is 22.5 Å². The van der Waals surface area contributed by atoms with E-state index in [1.807, 2.05) is 37.3 Å². The molecule has 1 atom stereocenters. The Bertz CT molecular complexity index is 2200. The molecule has 320 valence electrons. The molecular weight excluding hydrogens is 789 g/mol. The molecule has 0 spiro atoms. The second-order valence-corrected chi connectivity index (χ2v) is 16.0. The molecule has 5 rings (SSSR count). The lowest BCUT2D eigenvalue weighted by molar-refractivity contribution is -0.231. The molecule has 3 amide bonds. The van der Waals surface area contributed by atoms with E-state index in [4.69, 9.17) is 9.84 Å². The number of rotatable bonds is 15. The van der Waals surface area contributed by atoms with Gasteiger partial charge in [-0.25, -0.2) is 14.6 Å². The van der Waals surface area contributed by atoms with Crippen LogP contribution in [0, 0.1) is 24.7 Å². The van der Waals surface area contributed by atoms with E-state index in [-0.39, 0.29) is 47.6 Å². The number of hydrogen-bond donors (Lipinski definition) is 5. The molecule has 1 aromatic heterocycles. The number of aromatic nitrogens is 3. The van der Waals surface area contributed by atoms with Crippen molar-refractivity contribution >= 4 is 35.3 Å². The van der Waals surface area contributed by atoms with Crippen LogP contribution in [0.2, 0.25) is 0 Å². The minimum absolute atomic E-state index is 0.0560. The fraction of sp³-hybridized carbons (Fsp3) is 0.419. The highest BCUT2D eigenvalue weighted by molar-refractivity contribution is 5.97. The Hall–Kier alpha value is -6.13. The average molecular weight is 837 g/mol. The first kappa shape index (κ1) is 45.0. The molecule has 1 aliphatic carbocycles. The Morgan fingerprint density at radius 3 is 2.13 bits per heavy atom. The van der Waals surface area contributed by atoms with Crippen molar-refractivity contribution in [1.29, 1.82) is 0 Å². The van der Waals surface area contributed by atoms with Gasteiger partial charge in [0.25, 0.3) is 5.91 Å². The maximum Gasteiger partial charge on any atom is 0.411 e. The number of alkyl carbamates (subject to hydrolysis) is 1. The van der Waals surface area contributed by atoms with Crippen LogP contribution in [0.4, 0.5) is 28.0 Å². The lowest BCUT2D eigenvalue weighted by Crippen LogP contribution is -2.45. The van der Waals surface area contributed by atoms with E-state index >= 15 is 0 Å². The molecule has 1 fully saturated rings. The number of ketones is 1. The number of aryl methyl sites for hydroxylation is 1. The summed E-state index contributed by atoms with van der Waals surface area (Å²) in [5.74, 6) is -17.4. The highest BCUT2D eigenvalue weighted by Crippen LogP contribution is 2.42. The molecule has 13 nitrogen and oxygen atoms in total. The fourth-order valence-corrected chi connectivity index (χ4v) is 6.98. The number of aromatic amines is 1. The van der Waals surface area contributed by atoms with Crippen molar-refractivity contribution in [3.63, 3.8) is 0 Å². The highest BCUT2D eigenvalue weighted by atomic mass is 19.3. The van der Waals surface area contributed by atoms with E-state index in [0.29, 0.717) is 37.8 Å². The topological polar surface area (TPSA) is 192 Å². The Kier molecular flexibility index (Phi) is 13.8. The average Bonchev–Trinajstić information content (AvgIpc) is 3.71. The number of alkyl halides is 4. The first-order chi connectivity index (χ1) is 28.2. The number of anilines is 1. The van der Waals surface area contributed by atoms with Gasteiger partial charge in [0.05, 0.1) is 0 Å². The summed E-state index contributed by atoms with van der Waals surface area (Å²) >= 11 is 0. The Balaban J connectivity index is 1.30. The number of hydrogen-bond acceptors (Lipinski definition) is 8. The number of carbonyl (C=O) groups is 5. The molecule has 4 aromatic rings. The number of nitrogens with zero attached hydrogens (tertiary/aromatic N) is 2. The van der Waals surface area contributed by atoms with Crippen LogP contribution >= 0.6 is 0 Å². The third-order valence-electron chi connectivity index (χ3n) is 10.4. The zero-order valence-electron chi connectivity index (χ0n) is 33.8. The first-order valence-electron chi connectivity index (χ1n) is 19.4. The number of H-pyrrole nitrogens is 1. The monoisotopic (exact) mass is 836 g/mol. The minimum Gasteiger partial charge on any atom is -0.477 e. The maximum atomic E-state index is 14.3. The molecule has 1 heterocycles. The third-order valence-corrected chi connectivity index (χ3v) is 10.4. The molecule has 0 radical (unpaired) electrons. The number of halogens is 4. The second-order valence-electron chi connectivity index (χ2n) is 16.0. The van der Waals surface area contributed by atoms with Gasteiger partial charge in [0, 0.05) is 48.7 Å². The second kappa shape index (κ2) is 18.4. The van der Waals surface area contributed by atoms with Gasteiger partial charge >= 0.3 is 23.9 Å². The fourth-order valence-electron chi connectivity index (χ4n) is 6.98. The molecule has 0 unspecified atom stereocenters. The number of carboxylic acid groups (broad SMARTS) is 1. The molecule has 0 aliphatic heterocycles. The van der Waals surface area contributed by atoms with Crippen molar-refractivity contribution in [2.24, 2.45) is 17.8 Å². The lowest BCUT2D eigenvalue weighted by atomic mass is 9.77. The highest BCUT2D eigenvalue weighted by Gasteiger charge is 2.65. The number of amides is 3. The van der Waals surface area contributed by atoms with Gasteiger partial charge in [-0.2, -0.15) is 22.7 Å². The molecule has 60 heavy (non-hydrogen) atoms. The number of carbonyl (C=O) groups excluding carboxylic acids is 4. The molecule has 17 heteroatoms. The largest absolute Gasteiger partial charge is 0.477 e. The van der Waals surface area contributed by atoms with Crippen molar-refractivity contribution in [3.8, 4) is 22.5 Å². The number of nitrogens with one attached hydrogen (secondary N) is 4. The predicted molar refractivity (Wildman–Crippen MR) is 213 cm³/mol. The Morgan fingerprint density at radius 2 is 1.53 bits per heavy atom. The van der Waals surface area contributed by atoms with Crippen LogP contribution in [0.15, 0.2) is 66.7 Å². The van der Waals surface area contributed by atoms with Gasteiger partial charge in [-0.1, -0.05) is 30.3 Å². The number of aliphatic carboxylic acids is 1. The molecule has 1 aliphatic rings. The van der Waals surface area contributed by atoms with Gasteiger partial charge in [-0.05, 0) is 124 Å². The predicted octanol–water partition coefficient (Wildman–Crippen LogP) is 7.71. The van der Waals surface area contributed by atoms with Gasteiger partial charge in [0.15, 0.2) is 5.82 Å². The van der Waals surface area contributed by atoms with Crippen LogP contribution in [0.1, 0.15) is 80.2 Å². The third kappa shape index (κ3) is 10.9. The number of ether oxygens (including phenoxy) is 1. The smallest absolute Gasteiger partial charge is 0.411 e. The number of benzene rings is 3. The SMILES string of the molecule is CNC(=O)c1ccc(C)c(-c2ccc(C[C@H](CC(=O)C3CCC(CNC(=O)OC(C)(C)C)CC3)C(=O)Nc3ccc(-c4n[nH]c(C(F)(F)C(F)(F)C(=O)O)n4)cc3)cc2)c1. The Morgan fingerprint density at radius 1 is 0.900 bits per heavy atom. The van der Waals surface area contributed by atoms with Crippen molar-refractivity contribution in [2.45, 2.75) is 83.7 Å². The van der Waals surface area contributed by atoms with E-state index in [9.17, 15) is 41.5 Å².